The van der Waals surface area contributed by atoms with Crippen LogP contribution in [0.5, 0.6) is 0 Å². The molecule has 4 rings (SSSR count). The summed E-state index contributed by atoms with van der Waals surface area (Å²) in [4.78, 5) is 26.2. The van der Waals surface area contributed by atoms with Gasteiger partial charge in [-0.1, -0.05) is 17.5 Å². The van der Waals surface area contributed by atoms with Gasteiger partial charge in [-0.2, -0.15) is 10.2 Å². The Kier molecular flexibility index (Phi) is 7.07. The highest BCUT2D eigenvalue weighted by molar-refractivity contribution is 6.31. The standard InChI is InChI=1S/C24H25ClFN7O2/c1-2-4-20(34)31-9-3-5-18(8-10-31)33-23(27)21(24(28)35)22(30-33)16-12-29-32(14-16)13-15-11-17(26)6-7-19(15)25/h6-7,11-12,14,18H,3,5,8-10,13,27H2,1H3,(H2,28,35)/t18-/m0/s1. The Morgan fingerprint density at radius 2 is 2.09 bits per heavy atom. The summed E-state index contributed by atoms with van der Waals surface area (Å²) in [5.41, 5.74) is 13.5. The Bertz CT molecular complexity index is 1340. The van der Waals surface area contributed by atoms with E-state index >= 15 is 0 Å². The molecule has 1 aromatic carbocycles. The van der Waals surface area contributed by atoms with Crippen molar-refractivity contribution >= 4 is 29.2 Å². The molecule has 182 valence electrons. The van der Waals surface area contributed by atoms with Crippen molar-refractivity contribution in [1.82, 2.24) is 24.5 Å². The highest BCUT2D eigenvalue weighted by atomic mass is 35.5. The summed E-state index contributed by atoms with van der Waals surface area (Å²) in [5, 5.41) is 9.37. The van der Waals surface area contributed by atoms with Crippen LogP contribution >= 0.6 is 11.6 Å². The van der Waals surface area contributed by atoms with Crippen molar-refractivity contribution in [3.63, 3.8) is 0 Å². The van der Waals surface area contributed by atoms with E-state index in [2.05, 4.69) is 22.0 Å². The number of carbonyl (C=O) groups is 2. The number of nitrogens with two attached hydrogens (primary N) is 2. The van der Waals surface area contributed by atoms with Gasteiger partial charge in [0.25, 0.3) is 11.8 Å². The van der Waals surface area contributed by atoms with Crippen LogP contribution in [0.3, 0.4) is 0 Å². The molecule has 2 amide bonds. The number of primary amides is 1. The van der Waals surface area contributed by atoms with Gasteiger partial charge in [-0.3, -0.25) is 14.3 Å². The monoisotopic (exact) mass is 497 g/mol. The molecule has 1 atom stereocenters. The van der Waals surface area contributed by atoms with Crippen LogP contribution < -0.4 is 11.5 Å². The van der Waals surface area contributed by atoms with E-state index in [1.54, 1.807) is 33.6 Å². The van der Waals surface area contributed by atoms with E-state index in [0.717, 1.165) is 12.8 Å². The molecule has 0 saturated carbocycles. The number of likely N-dealkylation sites (tertiary alicyclic amines) is 1. The zero-order chi connectivity index (χ0) is 25.1. The molecule has 35 heavy (non-hydrogen) atoms. The van der Waals surface area contributed by atoms with Gasteiger partial charge < -0.3 is 16.4 Å². The first-order valence-corrected chi connectivity index (χ1v) is 11.5. The Morgan fingerprint density at radius 3 is 2.83 bits per heavy atom. The van der Waals surface area contributed by atoms with Gasteiger partial charge in [-0.25, -0.2) is 9.07 Å². The van der Waals surface area contributed by atoms with E-state index < -0.39 is 11.7 Å². The minimum atomic E-state index is -0.701. The topological polar surface area (TPSA) is 125 Å². The minimum absolute atomic E-state index is 0.113. The molecule has 0 aliphatic carbocycles. The molecule has 3 heterocycles. The third-order valence-electron chi connectivity index (χ3n) is 6.00. The van der Waals surface area contributed by atoms with Crippen LogP contribution in [0.25, 0.3) is 11.3 Å². The number of carbonyl (C=O) groups excluding carboxylic acids is 2. The zero-order valence-electron chi connectivity index (χ0n) is 19.2. The predicted molar refractivity (Wildman–Crippen MR) is 130 cm³/mol. The van der Waals surface area contributed by atoms with Crippen molar-refractivity contribution in [2.24, 2.45) is 5.73 Å². The fourth-order valence-electron chi connectivity index (χ4n) is 4.29. The van der Waals surface area contributed by atoms with E-state index in [-0.39, 0.29) is 29.9 Å². The van der Waals surface area contributed by atoms with Crippen LogP contribution in [0.4, 0.5) is 10.2 Å². The highest BCUT2D eigenvalue weighted by Gasteiger charge is 2.28. The summed E-state index contributed by atoms with van der Waals surface area (Å²) in [7, 11) is 0. The van der Waals surface area contributed by atoms with Crippen molar-refractivity contribution in [3.05, 3.63) is 52.6 Å². The van der Waals surface area contributed by atoms with E-state index in [0.29, 0.717) is 41.4 Å². The minimum Gasteiger partial charge on any atom is -0.383 e. The SMILES string of the molecule is CC#CC(=O)N1CCC[C@H](n2nc(-c3cnn(Cc4cc(F)ccc4Cl)c3)c(C(N)=O)c2N)CC1. The number of aromatic nitrogens is 4. The summed E-state index contributed by atoms with van der Waals surface area (Å²) in [6.07, 6.45) is 5.30. The van der Waals surface area contributed by atoms with E-state index in [9.17, 15) is 14.0 Å². The Morgan fingerprint density at radius 1 is 1.29 bits per heavy atom. The Labute approximate surface area is 206 Å². The molecule has 1 aliphatic heterocycles. The average molecular weight is 498 g/mol. The lowest BCUT2D eigenvalue weighted by molar-refractivity contribution is -0.125. The van der Waals surface area contributed by atoms with Crippen molar-refractivity contribution in [2.75, 3.05) is 18.8 Å². The number of hydrogen-bond donors (Lipinski definition) is 2. The third-order valence-corrected chi connectivity index (χ3v) is 6.37. The zero-order valence-corrected chi connectivity index (χ0v) is 19.9. The van der Waals surface area contributed by atoms with Crippen LogP contribution in [0, 0.1) is 17.7 Å². The van der Waals surface area contributed by atoms with Crippen molar-refractivity contribution in [2.45, 2.75) is 38.8 Å². The van der Waals surface area contributed by atoms with Gasteiger partial charge in [-0.05, 0) is 55.9 Å². The summed E-state index contributed by atoms with van der Waals surface area (Å²) in [5.74, 6) is 4.08. The summed E-state index contributed by atoms with van der Waals surface area (Å²) in [6.45, 7) is 2.96. The lowest BCUT2D eigenvalue weighted by atomic mass is 10.1. The molecule has 2 aromatic heterocycles. The van der Waals surface area contributed by atoms with Crippen molar-refractivity contribution < 1.29 is 14.0 Å². The number of rotatable bonds is 5. The second-order valence-electron chi connectivity index (χ2n) is 8.33. The molecule has 0 radical (unpaired) electrons. The second kappa shape index (κ2) is 10.2. The smallest absolute Gasteiger partial charge is 0.298 e. The third kappa shape index (κ3) is 5.15. The molecule has 9 nitrogen and oxygen atoms in total. The van der Waals surface area contributed by atoms with Gasteiger partial charge in [0.1, 0.15) is 22.9 Å². The number of halogens is 2. The molecule has 0 bridgehead atoms. The van der Waals surface area contributed by atoms with Crippen LogP contribution in [-0.4, -0.2) is 49.4 Å². The number of benzene rings is 1. The molecule has 11 heteroatoms. The fourth-order valence-corrected chi connectivity index (χ4v) is 4.47. The largest absolute Gasteiger partial charge is 0.383 e. The predicted octanol–water partition coefficient (Wildman–Crippen LogP) is 2.85. The van der Waals surface area contributed by atoms with E-state index in [4.69, 9.17) is 23.1 Å². The van der Waals surface area contributed by atoms with Gasteiger partial charge in [0.15, 0.2) is 0 Å². The molecule has 0 unspecified atom stereocenters. The highest BCUT2D eigenvalue weighted by Crippen LogP contribution is 2.32. The number of nitrogens with zero attached hydrogens (tertiary/aromatic N) is 5. The Hall–Kier alpha value is -3.84. The molecule has 4 N–H and O–H groups in total. The summed E-state index contributed by atoms with van der Waals surface area (Å²) in [6, 6.07) is 4.00. The lowest BCUT2D eigenvalue weighted by Gasteiger charge is -2.18. The van der Waals surface area contributed by atoms with Crippen LogP contribution in [0.15, 0.2) is 30.6 Å². The first-order chi connectivity index (χ1) is 16.8. The van der Waals surface area contributed by atoms with Crippen LogP contribution in [-0.2, 0) is 11.3 Å². The first-order valence-electron chi connectivity index (χ1n) is 11.1. The van der Waals surface area contributed by atoms with Gasteiger partial charge in [0.05, 0.1) is 18.8 Å². The van der Waals surface area contributed by atoms with Crippen LogP contribution in [0.2, 0.25) is 5.02 Å². The molecule has 1 aliphatic rings. The first kappa shape index (κ1) is 24.3. The fraction of sp³-hybridized carbons (Fsp3) is 0.333. The van der Waals surface area contributed by atoms with E-state index in [1.807, 2.05) is 0 Å². The van der Waals surface area contributed by atoms with Gasteiger partial charge in [0.2, 0.25) is 0 Å². The van der Waals surface area contributed by atoms with Gasteiger partial charge >= 0.3 is 0 Å². The molecule has 0 spiro atoms. The van der Waals surface area contributed by atoms with Crippen LogP contribution in [0.1, 0.15) is 48.1 Å². The number of anilines is 1. The van der Waals surface area contributed by atoms with Crippen molar-refractivity contribution in [1.29, 1.82) is 0 Å². The second-order valence-corrected chi connectivity index (χ2v) is 8.74. The van der Waals surface area contributed by atoms with E-state index in [1.165, 1.54) is 18.2 Å². The maximum absolute atomic E-state index is 13.6. The molecular weight excluding hydrogens is 473 g/mol. The van der Waals surface area contributed by atoms with Gasteiger partial charge in [0, 0.05) is 29.9 Å². The lowest BCUT2D eigenvalue weighted by Crippen LogP contribution is -2.31. The summed E-state index contributed by atoms with van der Waals surface area (Å²) >= 11 is 6.17. The summed E-state index contributed by atoms with van der Waals surface area (Å²) < 4.78 is 16.8. The maximum atomic E-state index is 13.6. The normalized spacial score (nSPS) is 15.9. The van der Waals surface area contributed by atoms with Gasteiger partial charge in [-0.15, -0.1) is 0 Å². The number of hydrogen-bond acceptors (Lipinski definition) is 5. The quantitative estimate of drug-likeness (QED) is 0.524. The molecular formula is C24H25ClFN7O2. The van der Waals surface area contributed by atoms with Crippen molar-refractivity contribution in [3.8, 4) is 23.1 Å². The number of amides is 2. The molecule has 3 aromatic rings. The molecule has 1 fully saturated rings. The molecule has 1 saturated heterocycles. The number of nitrogen functional groups attached to an aromatic ring is 1. The maximum Gasteiger partial charge on any atom is 0.298 e. The Balaban J connectivity index is 1.61. The average Bonchev–Trinajstić information content (AvgIpc) is 3.32.